The molecule has 2 aromatic rings. The summed E-state index contributed by atoms with van der Waals surface area (Å²) in [5, 5.41) is 10.7. The Balaban J connectivity index is 1.72. The van der Waals surface area contributed by atoms with Crippen LogP contribution >= 0.6 is 7.82 Å². The molecule has 1 heterocycles. The Morgan fingerprint density at radius 3 is 2.30 bits per heavy atom. The number of nitro groups is 1. The lowest BCUT2D eigenvalue weighted by molar-refractivity contribution is -0.384. The minimum atomic E-state index is -3.81. The van der Waals surface area contributed by atoms with Gasteiger partial charge in [0.2, 0.25) is 0 Å². The molecule has 0 bridgehead atoms. The first kappa shape index (κ1) is 19.5. The molecule has 3 rings (SSSR count). The lowest BCUT2D eigenvalue weighted by Gasteiger charge is -2.29. The van der Waals surface area contributed by atoms with Crippen LogP contribution in [0.25, 0.3) is 0 Å². The van der Waals surface area contributed by atoms with Crippen molar-refractivity contribution in [3.63, 3.8) is 0 Å². The normalized spacial score (nSPS) is 23.0. The molecule has 144 valence electrons. The highest BCUT2D eigenvalue weighted by Gasteiger charge is 2.37. The van der Waals surface area contributed by atoms with Crippen molar-refractivity contribution in [2.24, 2.45) is 0 Å². The van der Waals surface area contributed by atoms with Gasteiger partial charge in [-0.05, 0) is 28.7 Å². The summed E-state index contributed by atoms with van der Waals surface area (Å²) in [4.78, 5) is 10.2. The summed E-state index contributed by atoms with van der Waals surface area (Å²) in [5.74, 6) is 0.188. The molecule has 0 spiro atoms. The van der Waals surface area contributed by atoms with Crippen LogP contribution in [-0.2, 0) is 19.0 Å². The van der Waals surface area contributed by atoms with Gasteiger partial charge in [0.15, 0.2) is 0 Å². The van der Waals surface area contributed by atoms with E-state index in [2.05, 4.69) is 20.8 Å². The van der Waals surface area contributed by atoms with Crippen molar-refractivity contribution in [2.75, 3.05) is 6.61 Å². The number of phosphoric ester groups is 1. The Labute approximate surface area is 158 Å². The van der Waals surface area contributed by atoms with E-state index in [0.29, 0.717) is 6.42 Å². The first-order valence-corrected chi connectivity index (χ1v) is 10.1. The van der Waals surface area contributed by atoms with Crippen molar-refractivity contribution in [1.82, 2.24) is 0 Å². The largest absolute Gasteiger partial charge is 0.530 e. The number of nitro benzene ring substituents is 1. The van der Waals surface area contributed by atoms with Gasteiger partial charge in [-0.2, -0.15) is 0 Å². The van der Waals surface area contributed by atoms with E-state index in [1.165, 1.54) is 29.8 Å². The summed E-state index contributed by atoms with van der Waals surface area (Å²) in [5.41, 5.74) is 2.06. The Kier molecular flexibility index (Phi) is 5.38. The maximum Gasteiger partial charge on any atom is 0.530 e. The van der Waals surface area contributed by atoms with Crippen LogP contribution in [0.1, 0.15) is 44.4 Å². The van der Waals surface area contributed by atoms with E-state index in [1.54, 1.807) is 0 Å². The molecule has 27 heavy (non-hydrogen) atoms. The number of rotatable bonds is 4. The van der Waals surface area contributed by atoms with Crippen LogP contribution in [0.5, 0.6) is 5.75 Å². The van der Waals surface area contributed by atoms with Crippen molar-refractivity contribution >= 4 is 13.5 Å². The quantitative estimate of drug-likeness (QED) is 0.385. The first-order chi connectivity index (χ1) is 12.7. The van der Waals surface area contributed by atoms with Gasteiger partial charge in [-0.3, -0.25) is 19.2 Å². The summed E-state index contributed by atoms with van der Waals surface area (Å²) in [6.45, 7) is 6.65. The molecule has 0 aromatic heterocycles. The highest BCUT2D eigenvalue weighted by molar-refractivity contribution is 7.49. The maximum absolute atomic E-state index is 12.8. The van der Waals surface area contributed by atoms with Gasteiger partial charge in [0.1, 0.15) is 5.75 Å². The molecular weight excluding hydrogens is 369 g/mol. The third-order valence-electron chi connectivity index (χ3n) is 4.30. The van der Waals surface area contributed by atoms with Crippen LogP contribution in [0.2, 0.25) is 0 Å². The Hall–Kier alpha value is -2.21. The summed E-state index contributed by atoms with van der Waals surface area (Å²) in [7, 11) is -3.81. The second-order valence-corrected chi connectivity index (χ2v) is 8.92. The van der Waals surface area contributed by atoms with E-state index in [1.807, 2.05) is 24.3 Å². The fourth-order valence-corrected chi connectivity index (χ4v) is 4.15. The van der Waals surface area contributed by atoms with E-state index in [4.69, 9.17) is 13.6 Å². The summed E-state index contributed by atoms with van der Waals surface area (Å²) < 4.78 is 29.1. The number of hydrogen-bond donors (Lipinski definition) is 0. The van der Waals surface area contributed by atoms with Crippen molar-refractivity contribution in [3.05, 3.63) is 69.8 Å². The van der Waals surface area contributed by atoms with E-state index in [9.17, 15) is 14.7 Å². The molecule has 0 N–H and O–H groups in total. The molecule has 2 atom stereocenters. The molecule has 0 saturated carbocycles. The number of non-ortho nitro benzene ring substituents is 1. The van der Waals surface area contributed by atoms with E-state index in [0.717, 1.165) is 5.56 Å². The third kappa shape index (κ3) is 4.75. The van der Waals surface area contributed by atoms with Crippen molar-refractivity contribution < 1.29 is 23.1 Å². The average molecular weight is 391 g/mol. The lowest BCUT2D eigenvalue weighted by atomic mass is 9.86. The van der Waals surface area contributed by atoms with Crippen LogP contribution in [0.4, 0.5) is 5.69 Å². The number of hydrogen-bond acceptors (Lipinski definition) is 6. The van der Waals surface area contributed by atoms with E-state index >= 15 is 0 Å². The van der Waals surface area contributed by atoms with Crippen LogP contribution < -0.4 is 4.52 Å². The van der Waals surface area contributed by atoms with Gasteiger partial charge >= 0.3 is 7.82 Å². The molecule has 1 saturated heterocycles. The van der Waals surface area contributed by atoms with Crippen LogP contribution in [0, 0.1) is 10.1 Å². The zero-order valence-electron chi connectivity index (χ0n) is 15.5. The second-order valence-electron chi connectivity index (χ2n) is 7.38. The molecule has 1 unspecified atom stereocenters. The molecule has 0 aliphatic carbocycles. The van der Waals surface area contributed by atoms with Crippen LogP contribution in [0.15, 0.2) is 48.5 Å². The standard InChI is InChI=1S/C19H22NO6P/c1-19(2,3)15-6-4-14(5-7-15)18-12-13-24-27(23,26-18)25-17-10-8-16(9-11-17)20(21)22/h4-11,18H,12-13H2,1-3H3/t18-,27?/m0/s1. The summed E-state index contributed by atoms with van der Waals surface area (Å²) >= 11 is 0. The van der Waals surface area contributed by atoms with E-state index in [-0.39, 0.29) is 23.5 Å². The number of nitrogens with zero attached hydrogens (tertiary/aromatic N) is 1. The third-order valence-corrected chi connectivity index (χ3v) is 5.74. The first-order valence-electron chi connectivity index (χ1n) is 8.64. The second kappa shape index (κ2) is 7.43. The fraction of sp³-hybridized carbons (Fsp3) is 0.368. The fourth-order valence-electron chi connectivity index (χ4n) is 2.74. The van der Waals surface area contributed by atoms with Gasteiger partial charge in [0.25, 0.3) is 5.69 Å². The minimum Gasteiger partial charge on any atom is -0.404 e. The number of phosphoric acid groups is 1. The van der Waals surface area contributed by atoms with Crippen molar-refractivity contribution in [2.45, 2.75) is 38.7 Å². The van der Waals surface area contributed by atoms with Crippen molar-refractivity contribution in [3.8, 4) is 5.75 Å². The zero-order valence-corrected chi connectivity index (χ0v) is 16.3. The molecule has 1 fully saturated rings. The van der Waals surface area contributed by atoms with Crippen LogP contribution in [0.3, 0.4) is 0 Å². The summed E-state index contributed by atoms with van der Waals surface area (Å²) in [6.07, 6.45) is 0.152. The Bertz CT molecular complexity index is 857. The van der Waals surface area contributed by atoms with Gasteiger partial charge < -0.3 is 4.52 Å². The molecule has 0 amide bonds. The maximum atomic E-state index is 12.8. The molecule has 0 radical (unpaired) electrons. The molecule has 2 aromatic carbocycles. The lowest BCUT2D eigenvalue weighted by Crippen LogP contribution is -2.17. The molecule has 1 aliphatic heterocycles. The molecule has 1 aliphatic rings. The van der Waals surface area contributed by atoms with Gasteiger partial charge in [0, 0.05) is 18.6 Å². The average Bonchev–Trinajstić information content (AvgIpc) is 2.61. The van der Waals surface area contributed by atoms with Gasteiger partial charge in [-0.25, -0.2) is 4.57 Å². The SMILES string of the molecule is CC(C)(C)c1ccc([C@@H]2CCOP(=O)(Oc3ccc([N+](=O)[O-])cc3)O2)cc1. The molecule has 7 nitrogen and oxygen atoms in total. The predicted octanol–water partition coefficient (Wildman–Crippen LogP) is 5.56. The van der Waals surface area contributed by atoms with Crippen molar-refractivity contribution in [1.29, 1.82) is 0 Å². The minimum absolute atomic E-state index is 0.0450. The Morgan fingerprint density at radius 2 is 1.74 bits per heavy atom. The van der Waals surface area contributed by atoms with E-state index < -0.39 is 18.8 Å². The highest BCUT2D eigenvalue weighted by atomic mass is 31.2. The molecule has 8 heteroatoms. The number of benzene rings is 2. The topological polar surface area (TPSA) is 87.9 Å². The summed E-state index contributed by atoms with van der Waals surface area (Å²) in [6, 6.07) is 13.3. The zero-order chi connectivity index (χ0) is 19.7. The van der Waals surface area contributed by atoms with Crippen LogP contribution in [-0.4, -0.2) is 11.5 Å². The molecular formula is C19H22NO6P. The van der Waals surface area contributed by atoms with Gasteiger partial charge in [-0.15, -0.1) is 0 Å². The predicted molar refractivity (Wildman–Crippen MR) is 101 cm³/mol. The van der Waals surface area contributed by atoms with Gasteiger partial charge in [-0.1, -0.05) is 45.0 Å². The van der Waals surface area contributed by atoms with Gasteiger partial charge in [0.05, 0.1) is 17.6 Å². The Morgan fingerprint density at radius 1 is 1.11 bits per heavy atom. The monoisotopic (exact) mass is 391 g/mol. The smallest absolute Gasteiger partial charge is 0.404 e. The highest BCUT2D eigenvalue weighted by Crippen LogP contribution is 2.56.